The van der Waals surface area contributed by atoms with Crippen LogP contribution >= 0.6 is 0 Å². The molecule has 0 heterocycles. The molecule has 0 radical (unpaired) electrons. The summed E-state index contributed by atoms with van der Waals surface area (Å²) in [6, 6.07) is -0.115. The van der Waals surface area contributed by atoms with Gasteiger partial charge in [-0.25, -0.2) is 26.3 Å². The number of rotatable bonds is 3. The van der Waals surface area contributed by atoms with Gasteiger partial charge in [0.05, 0.1) is 7.11 Å². The van der Waals surface area contributed by atoms with Crippen molar-refractivity contribution < 1.29 is 39.9 Å². The van der Waals surface area contributed by atoms with Crippen molar-refractivity contribution in [2.45, 2.75) is 0 Å². The van der Waals surface area contributed by atoms with Crippen molar-refractivity contribution in [3.8, 4) is 5.75 Å². The van der Waals surface area contributed by atoms with Crippen molar-refractivity contribution >= 4 is 18.2 Å². The normalized spacial score (nSPS) is 10.8. The van der Waals surface area contributed by atoms with Crippen molar-refractivity contribution in [2.75, 3.05) is 7.11 Å². The predicted octanol–water partition coefficient (Wildman–Crippen LogP) is 2.20. The predicted molar refractivity (Wildman–Crippen MR) is 65.5 cm³/mol. The van der Waals surface area contributed by atoms with Crippen molar-refractivity contribution in [1.82, 2.24) is 0 Å². The molecular weight excluding hydrogens is 335 g/mol. The van der Waals surface area contributed by atoms with Crippen LogP contribution in [0, 0.1) is 46.5 Å². The van der Waals surface area contributed by atoms with Crippen molar-refractivity contribution in [3.05, 3.63) is 52.6 Å². The summed E-state index contributed by atoms with van der Waals surface area (Å²) in [5.74, 6) is -16.8. The van der Waals surface area contributed by atoms with Crippen LogP contribution < -0.4 is 15.7 Å². The fourth-order valence-corrected chi connectivity index (χ4v) is 1.95. The highest BCUT2D eigenvalue weighted by atomic mass is 19.2. The van der Waals surface area contributed by atoms with Crippen LogP contribution in [0.2, 0.25) is 0 Å². The number of benzene rings is 2. The number of methoxy groups -OCH3 is 1. The van der Waals surface area contributed by atoms with Crippen LogP contribution in [-0.4, -0.2) is 14.4 Å². The Morgan fingerprint density at radius 3 is 1.43 bits per heavy atom. The molecule has 0 amide bonds. The van der Waals surface area contributed by atoms with Crippen LogP contribution in [-0.2, 0) is 0 Å². The standard InChI is InChI=1S/C13H5BF8O/c1-23-13-11(21)9(19)6(10(20)12(13)22)14-5-7(17)3(15)2-4(16)8(5)18/h2,14H,1H3. The van der Waals surface area contributed by atoms with E-state index >= 15 is 0 Å². The number of hydrogen-bond acceptors (Lipinski definition) is 1. The molecule has 0 N–H and O–H groups in total. The molecule has 0 saturated carbocycles. The van der Waals surface area contributed by atoms with Gasteiger partial charge in [0.15, 0.2) is 40.7 Å². The van der Waals surface area contributed by atoms with Gasteiger partial charge in [-0.05, 0) is 10.9 Å². The zero-order valence-electron chi connectivity index (χ0n) is 11.2. The van der Waals surface area contributed by atoms with E-state index in [0.29, 0.717) is 0 Å². The summed E-state index contributed by atoms with van der Waals surface area (Å²) in [5, 5.41) is 0. The molecule has 0 aromatic heterocycles. The smallest absolute Gasteiger partial charge is 0.208 e. The van der Waals surface area contributed by atoms with E-state index in [-0.39, 0.29) is 6.07 Å². The Labute approximate surface area is 124 Å². The highest BCUT2D eigenvalue weighted by molar-refractivity contribution is 6.67. The molecule has 0 saturated heterocycles. The van der Waals surface area contributed by atoms with Gasteiger partial charge in [-0.1, -0.05) is 0 Å². The van der Waals surface area contributed by atoms with Gasteiger partial charge in [-0.15, -0.1) is 0 Å². The van der Waals surface area contributed by atoms with E-state index in [0.717, 1.165) is 7.11 Å². The van der Waals surface area contributed by atoms with E-state index in [9.17, 15) is 35.1 Å². The summed E-state index contributed by atoms with van der Waals surface area (Å²) in [6.07, 6.45) is 0. The van der Waals surface area contributed by atoms with Crippen LogP contribution in [0.15, 0.2) is 6.07 Å². The van der Waals surface area contributed by atoms with Crippen LogP contribution in [0.5, 0.6) is 5.75 Å². The van der Waals surface area contributed by atoms with E-state index in [1.165, 1.54) is 0 Å². The lowest BCUT2D eigenvalue weighted by Gasteiger charge is -2.11. The lowest BCUT2D eigenvalue weighted by Crippen LogP contribution is -2.39. The minimum atomic E-state index is -2.00. The Balaban J connectivity index is 2.68. The van der Waals surface area contributed by atoms with Crippen LogP contribution in [0.25, 0.3) is 0 Å². The van der Waals surface area contributed by atoms with Gasteiger partial charge >= 0.3 is 0 Å². The number of ether oxygens (including phenoxy) is 1. The van der Waals surface area contributed by atoms with Gasteiger partial charge in [0.1, 0.15) is 0 Å². The zero-order valence-corrected chi connectivity index (χ0v) is 11.2. The first-order chi connectivity index (χ1) is 10.7. The molecule has 0 aliphatic rings. The van der Waals surface area contributed by atoms with E-state index < -0.39 is 70.5 Å². The van der Waals surface area contributed by atoms with Crippen LogP contribution in [0.1, 0.15) is 0 Å². The maximum Gasteiger partial charge on any atom is 0.208 e. The van der Waals surface area contributed by atoms with Gasteiger partial charge in [0, 0.05) is 6.07 Å². The summed E-state index contributed by atoms with van der Waals surface area (Å²) in [7, 11) is -0.719. The second-order valence-corrected chi connectivity index (χ2v) is 4.39. The molecule has 2 rings (SSSR count). The van der Waals surface area contributed by atoms with Gasteiger partial charge in [0.25, 0.3) is 0 Å². The molecule has 2 aromatic carbocycles. The summed E-state index contributed by atoms with van der Waals surface area (Å²) in [5.41, 5.74) is -2.85. The second kappa shape index (κ2) is 6.09. The molecule has 10 heteroatoms. The van der Waals surface area contributed by atoms with E-state index in [4.69, 9.17) is 0 Å². The zero-order chi connectivity index (χ0) is 17.5. The Kier molecular flexibility index (Phi) is 4.53. The molecule has 0 unspecified atom stereocenters. The maximum absolute atomic E-state index is 13.7. The summed E-state index contributed by atoms with van der Waals surface area (Å²) in [4.78, 5) is 0. The largest absolute Gasteiger partial charge is 0.491 e. The van der Waals surface area contributed by atoms with Gasteiger partial charge < -0.3 is 4.74 Å². The lowest BCUT2D eigenvalue weighted by molar-refractivity contribution is 0.335. The van der Waals surface area contributed by atoms with Crippen molar-refractivity contribution in [3.63, 3.8) is 0 Å². The maximum atomic E-state index is 13.7. The summed E-state index contributed by atoms with van der Waals surface area (Å²) in [6.45, 7) is 0. The molecule has 2 aromatic rings. The Morgan fingerprint density at radius 1 is 0.652 bits per heavy atom. The average molecular weight is 340 g/mol. The minimum Gasteiger partial charge on any atom is -0.491 e. The van der Waals surface area contributed by atoms with Crippen LogP contribution in [0.4, 0.5) is 35.1 Å². The quantitative estimate of drug-likeness (QED) is 0.473. The molecule has 1 nitrogen and oxygen atoms in total. The minimum absolute atomic E-state index is 0.115. The SMILES string of the molecule is COc1c(F)c(F)c(Bc2c(F)c(F)cc(F)c2F)c(F)c1F. The van der Waals surface area contributed by atoms with E-state index in [1.807, 2.05) is 0 Å². The molecular formula is C13H5BF8O. The number of halogens is 8. The Morgan fingerprint density at radius 2 is 1.04 bits per heavy atom. The molecule has 0 aliphatic heterocycles. The Bertz CT molecular complexity index is 737. The Hall–Kier alpha value is -2.26. The van der Waals surface area contributed by atoms with Crippen LogP contribution in [0.3, 0.4) is 0 Å². The first kappa shape index (κ1) is 17.1. The van der Waals surface area contributed by atoms with Crippen molar-refractivity contribution in [1.29, 1.82) is 0 Å². The van der Waals surface area contributed by atoms with Gasteiger partial charge in [-0.3, -0.25) is 0 Å². The monoisotopic (exact) mass is 340 g/mol. The number of hydrogen-bond donors (Lipinski definition) is 0. The molecule has 0 bridgehead atoms. The molecule has 0 spiro atoms. The fraction of sp³-hybridized carbons (Fsp3) is 0.0769. The van der Waals surface area contributed by atoms with Gasteiger partial charge in [0.2, 0.25) is 18.9 Å². The first-order valence-electron chi connectivity index (χ1n) is 5.91. The highest BCUT2D eigenvalue weighted by Gasteiger charge is 2.29. The lowest BCUT2D eigenvalue weighted by atomic mass is 9.62. The third-order valence-electron chi connectivity index (χ3n) is 3.07. The molecule has 23 heavy (non-hydrogen) atoms. The fourth-order valence-electron chi connectivity index (χ4n) is 1.95. The molecule has 0 fully saturated rings. The topological polar surface area (TPSA) is 9.23 Å². The molecule has 0 atom stereocenters. The highest BCUT2D eigenvalue weighted by Crippen LogP contribution is 2.24. The average Bonchev–Trinajstić information content (AvgIpc) is 2.51. The third-order valence-corrected chi connectivity index (χ3v) is 3.07. The van der Waals surface area contributed by atoms with Crippen molar-refractivity contribution in [2.24, 2.45) is 0 Å². The third kappa shape index (κ3) is 2.73. The van der Waals surface area contributed by atoms with E-state index in [1.54, 1.807) is 0 Å². The molecule has 122 valence electrons. The first-order valence-corrected chi connectivity index (χ1v) is 5.91. The summed E-state index contributed by atoms with van der Waals surface area (Å²) >= 11 is 0. The molecule has 0 aliphatic carbocycles. The van der Waals surface area contributed by atoms with Gasteiger partial charge in [-0.2, -0.15) is 8.78 Å². The second-order valence-electron chi connectivity index (χ2n) is 4.39. The van der Waals surface area contributed by atoms with E-state index in [2.05, 4.69) is 4.74 Å². The summed E-state index contributed by atoms with van der Waals surface area (Å²) < 4.78 is 112.